The van der Waals surface area contributed by atoms with E-state index < -0.39 is 5.97 Å². The lowest BCUT2D eigenvalue weighted by atomic mass is 10.2. The van der Waals surface area contributed by atoms with Crippen molar-refractivity contribution in [3.8, 4) is 0 Å². The van der Waals surface area contributed by atoms with Crippen LogP contribution < -0.4 is 5.32 Å². The molecular formula is C15H17N3O3. The average molecular weight is 287 g/mol. The number of benzene rings is 1. The quantitative estimate of drug-likeness (QED) is 0.877. The van der Waals surface area contributed by atoms with E-state index in [4.69, 9.17) is 0 Å². The lowest BCUT2D eigenvalue weighted by Gasteiger charge is -2.10. The van der Waals surface area contributed by atoms with E-state index in [0.717, 1.165) is 18.7 Å². The first-order valence-electron chi connectivity index (χ1n) is 7.05. The molecule has 6 heteroatoms. The molecule has 0 aliphatic heterocycles. The minimum absolute atomic E-state index is 0.0918. The van der Waals surface area contributed by atoms with Crippen LogP contribution in [0, 0.1) is 0 Å². The van der Waals surface area contributed by atoms with E-state index in [1.165, 1.54) is 6.92 Å². The fourth-order valence-corrected chi connectivity index (χ4v) is 2.60. The molecule has 0 saturated heterocycles. The predicted octanol–water partition coefficient (Wildman–Crippen LogP) is 1.75. The molecule has 0 spiro atoms. The van der Waals surface area contributed by atoms with Gasteiger partial charge in [0, 0.05) is 25.9 Å². The molecule has 1 aliphatic rings. The zero-order valence-corrected chi connectivity index (χ0v) is 11.8. The molecule has 1 fully saturated rings. The Hall–Kier alpha value is -2.37. The van der Waals surface area contributed by atoms with E-state index in [2.05, 4.69) is 10.3 Å². The molecule has 2 aromatic rings. The van der Waals surface area contributed by atoms with E-state index in [0.29, 0.717) is 30.0 Å². The molecule has 6 nitrogen and oxygen atoms in total. The summed E-state index contributed by atoms with van der Waals surface area (Å²) in [6, 6.07) is 5.15. The first-order chi connectivity index (χ1) is 10.1. The lowest BCUT2D eigenvalue weighted by molar-refractivity contribution is -0.118. The summed E-state index contributed by atoms with van der Waals surface area (Å²) in [5, 5.41) is 12.1. The van der Waals surface area contributed by atoms with Gasteiger partial charge in [-0.2, -0.15) is 0 Å². The second kappa shape index (κ2) is 5.20. The molecule has 1 saturated carbocycles. The average Bonchev–Trinajstić information content (AvgIpc) is 3.21. The number of amides is 1. The number of hydrogen-bond acceptors (Lipinski definition) is 3. The molecule has 21 heavy (non-hydrogen) atoms. The molecule has 0 unspecified atom stereocenters. The Morgan fingerprint density at radius 3 is 2.81 bits per heavy atom. The first kappa shape index (κ1) is 13.6. The van der Waals surface area contributed by atoms with Crippen LogP contribution >= 0.6 is 0 Å². The highest BCUT2D eigenvalue weighted by Gasteiger charge is 2.30. The summed E-state index contributed by atoms with van der Waals surface area (Å²) in [4.78, 5) is 27.0. The van der Waals surface area contributed by atoms with E-state index in [1.54, 1.807) is 12.1 Å². The summed E-state index contributed by atoms with van der Waals surface area (Å²) in [5.74, 6) is 0.301. The maximum atomic E-state index is 11.4. The van der Waals surface area contributed by atoms with Gasteiger partial charge in [0.15, 0.2) is 0 Å². The van der Waals surface area contributed by atoms with Gasteiger partial charge in [0.2, 0.25) is 5.91 Å². The second-order valence-electron chi connectivity index (χ2n) is 5.36. The van der Waals surface area contributed by atoms with Crippen LogP contribution in [0.4, 0.5) is 0 Å². The van der Waals surface area contributed by atoms with Gasteiger partial charge in [-0.3, -0.25) is 4.79 Å². The minimum atomic E-state index is -0.955. The van der Waals surface area contributed by atoms with Gasteiger partial charge in [-0.15, -0.1) is 0 Å². The van der Waals surface area contributed by atoms with Crippen LogP contribution in [0.2, 0.25) is 0 Å². The Morgan fingerprint density at radius 1 is 1.43 bits per heavy atom. The largest absolute Gasteiger partial charge is 0.478 e. The smallest absolute Gasteiger partial charge is 0.337 e. The monoisotopic (exact) mass is 287 g/mol. The second-order valence-corrected chi connectivity index (χ2v) is 5.36. The number of fused-ring (bicyclic) bond motifs is 1. The fraction of sp³-hybridized carbons (Fsp3) is 0.400. The molecule has 110 valence electrons. The van der Waals surface area contributed by atoms with E-state index >= 15 is 0 Å². The summed E-state index contributed by atoms with van der Waals surface area (Å²) >= 11 is 0. The Labute approximate surface area is 121 Å². The lowest BCUT2D eigenvalue weighted by Crippen LogP contribution is -2.25. The maximum Gasteiger partial charge on any atom is 0.337 e. The Balaban J connectivity index is 2.06. The van der Waals surface area contributed by atoms with Crippen molar-refractivity contribution >= 4 is 22.9 Å². The Bertz CT molecular complexity index is 716. The van der Waals surface area contributed by atoms with Crippen molar-refractivity contribution in [2.45, 2.75) is 32.2 Å². The summed E-state index contributed by atoms with van der Waals surface area (Å²) in [6.07, 6.45) is 2.18. The number of nitrogens with one attached hydrogen (secondary N) is 1. The van der Waals surface area contributed by atoms with Crippen LogP contribution in [-0.2, 0) is 11.3 Å². The molecule has 0 bridgehead atoms. The number of para-hydroxylation sites is 1. The highest BCUT2D eigenvalue weighted by atomic mass is 16.4. The van der Waals surface area contributed by atoms with Crippen molar-refractivity contribution in [1.82, 2.24) is 14.9 Å². The van der Waals surface area contributed by atoms with Crippen LogP contribution in [0.5, 0.6) is 0 Å². The van der Waals surface area contributed by atoms with Gasteiger partial charge in [-0.05, 0) is 25.0 Å². The van der Waals surface area contributed by atoms with Crippen LogP contribution in [0.25, 0.3) is 11.0 Å². The van der Waals surface area contributed by atoms with E-state index in [1.807, 2.05) is 10.6 Å². The van der Waals surface area contributed by atoms with Gasteiger partial charge in [-0.25, -0.2) is 9.78 Å². The van der Waals surface area contributed by atoms with Gasteiger partial charge in [0.1, 0.15) is 5.82 Å². The van der Waals surface area contributed by atoms with Gasteiger partial charge >= 0.3 is 5.97 Å². The molecule has 2 N–H and O–H groups in total. The van der Waals surface area contributed by atoms with Crippen molar-refractivity contribution < 1.29 is 14.7 Å². The number of nitrogens with zero attached hydrogens (tertiary/aromatic N) is 2. The first-order valence-corrected chi connectivity index (χ1v) is 7.05. The Morgan fingerprint density at radius 2 is 2.19 bits per heavy atom. The number of imidazole rings is 1. The number of aromatic nitrogens is 2. The molecule has 3 rings (SSSR count). The van der Waals surface area contributed by atoms with Crippen LogP contribution in [0.1, 0.15) is 41.9 Å². The third kappa shape index (κ3) is 2.61. The zero-order valence-electron chi connectivity index (χ0n) is 11.8. The minimum Gasteiger partial charge on any atom is -0.478 e. The maximum absolute atomic E-state index is 11.4. The number of carboxylic acid groups (broad SMARTS) is 1. The summed E-state index contributed by atoms with van der Waals surface area (Å²) < 4.78 is 1.95. The summed E-state index contributed by atoms with van der Waals surface area (Å²) in [7, 11) is 0. The van der Waals surface area contributed by atoms with Crippen molar-refractivity contribution in [2.75, 3.05) is 6.54 Å². The molecule has 1 heterocycles. The third-order valence-electron chi connectivity index (χ3n) is 3.68. The molecular weight excluding hydrogens is 270 g/mol. The van der Waals surface area contributed by atoms with Crippen molar-refractivity contribution in [2.24, 2.45) is 0 Å². The predicted molar refractivity (Wildman–Crippen MR) is 77.4 cm³/mol. The van der Waals surface area contributed by atoms with Crippen molar-refractivity contribution in [3.63, 3.8) is 0 Å². The number of aromatic carboxylic acids is 1. The third-order valence-corrected chi connectivity index (χ3v) is 3.68. The molecule has 1 amide bonds. The number of carboxylic acids is 1. The standard InChI is InChI=1S/C15H17N3O3/c1-9(19)16-7-8-18-13-11(15(20)21)3-2-4-12(13)17-14(18)10-5-6-10/h2-4,10H,5-8H2,1H3,(H,16,19)(H,20,21). The van der Waals surface area contributed by atoms with Gasteiger partial charge in [0.05, 0.1) is 16.6 Å². The number of carbonyl (C=O) groups is 2. The zero-order chi connectivity index (χ0) is 15.0. The number of rotatable bonds is 5. The summed E-state index contributed by atoms with van der Waals surface area (Å²) in [6.45, 7) is 2.47. The van der Waals surface area contributed by atoms with E-state index in [9.17, 15) is 14.7 Å². The number of hydrogen-bond donors (Lipinski definition) is 2. The molecule has 1 aromatic carbocycles. The highest BCUT2D eigenvalue weighted by molar-refractivity contribution is 6.01. The molecule has 1 aromatic heterocycles. The van der Waals surface area contributed by atoms with E-state index in [-0.39, 0.29) is 11.5 Å². The normalized spacial score (nSPS) is 14.3. The SMILES string of the molecule is CC(=O)NCCn1c(C2CC2)nc2cccc(C(=O)O)c21. The fourth-order valence-electron chi connectivity index (χ4n) is 2.60. The molecule has 0 radical (unpaired) electrons. The summed E-state index contributed by atoms with van der Waals surface area (Å²) in [5.41, 5.74) is 1.62. The van der Waals surface area contributed by atoms with Crippen LogP contribution in [-0.4, -0.2) is 33.1 Å². The molecule has 0 atom stereocenters. The van der Waals surface area contributed by atoms with Gasteiger partial charge in [0.25, 0.3) is 0 Å². The molecule has 1 aliphatic carbocycles. The number of carbonyl (C=O) groups excluding carboxylic acids is 1. The Kier molecular flexibility index (Phi) is 3.37. The van der Waals surface area contributed by atoms with Gasteiger partial charge < -0.3 is 15.0 Å². The van der Waals surface area contributed by atoms with Crippen molar-refractivity contribution in [3.05, 3.63) is 29.6 Å². The van der Waals surface area contributed by atoms with Crippen LogP contribution in [0.3, 0.4) is 0 Å². The topological polar surface area (TPSA) is 84.2 Å². The van der Waals surface area contributed by atoms with Gasteiger partial charge in [-0.1, -0.05) is 6.07 Å². The van der Waals surface area contributed by atoms with Crippen molar-refractivity contribution in [1.29, 1.82) is 0 Å². The highest BCUT2D eigenvalue weighted by Crippen LogP contribution is 2.41. The van der Waals surface area contributed by atoms with Crippen LogP contribution in [0.15, 0.2) is 18.2 Å².